The fourth-order valence-electron chi connectivity index (χ4n) is 0.837. The zero-order valence-electron chi connectivity index (χ0n) is 8.41. The minimum Gasteiger partial charge on any atom is -0.336 e. The molecule has 0 saturated heterocycles. The highest BCUT2D eigenvalue weighted by Gasteiger charge is 1.93. The van der Waals surface area contributed by atoms with Gasteiger partial charge >= 0.3 is 1.41 Å². The molecule has 0 heterocycles. The number of hydrogen-bond acceptors (Lipinski definition) is 0. The minimum atomic E-state index is -0.522. The van der Waals surface area contributed by atoms with Crippen LogP contribution in [0.1, 0.15) is 6.93 Å². The zero-order valence-corrected chi connectivity index (χ0v) is 6.41. The Hall–Kier alpha value is -0.820. The first-order chi connectivity index (χ1) is 5.52. The molecule has 54 valence electrons. The van der Waals surface area contributed by atoms with Gasteiger partial charge in [0.1, 0.15) is 6.52 Å². The summed E-state index contributed by atoms with van der Waals surface area (Å²) in [4.78, 5) is -0.107. The molecule has 0 aliphatic rings. The lowest BCUT2D eigenvalue weighted by molar-refractivity contribution is -0.872. The van der Waals surface area contributed by atoms with E-state index in [1.54, 1.807) is 14.1 Å². The molecule has 1 aromatic rings. The molecule has 0 aliphatic heterocycles. The van der Waals surface area contributed by atoms with Crippen LogP contribution in [0.25, 0.3) is 0 Å². The van der Waals surface area contributed by atoms with Crippen molar-refractivity contribution in [3.05, 3.63) is 35.9 Å². The van der Waals surface area contributed by atoms with Crippen molar-refractivity contribution in [2.75, 3.05) is 14.1 Å². The summed E-state index contributed by atoms with van der Waals surface area (Å²) in [6.07, 6.45) is 0. The van der Waals surface area contributed by atoms with Crippen molar-refractivity contribution in [3.8, 4) is 0 Å². The molecule has 0 saturated carbocycles. The van der Waals surface area contributed by atoms with Gasteiger partial charge in [0.05, 0.1) is 15.5 Å². The maximum Gasteiger partial charge on any atom is 0.347 e. The van der Waals surface area contributed by atoms with E-state index < -0.39 is 6.52 Å². The Bertz CT molecular complexity index is 240. The third-order valence-electron chi connectivity index (χ3n) is 1.21. The summed E-state index contributed by atoms with van der Waals surface area (Å²) in [6, 6.07) is 9.47. The first-order valence-corrected chi connectivity index (χ1v) is 3.35. The van der Waals surface area contributed by atoms with Crippen LogP contribution in [0.3, 0.4) is 0 Å². The summed E-state index contributed by atoms with van der Waals surface area (Å²) in [5, 5.41) is 0. The van der Waals surface area contributed by atoms with Gasteiger partial charge in [0.25, 0.3) is 0 Å². The van der Waals surface area contributed by atoms with Crippen LogP contribution in [0.5, 0.6) is 0 Å². The molecular weight excluding hydrogens is 122 g/mol. The van der Waals surface area contributed by atoms with Crippen LogP contribution in [-0.4, -0.2) is 14.1 Å². The van der Waals surface area contributed by atoms with E-state index in [1.165, 1.54) is 0 Å². The largest absolute Gasteiger partial charge is 0.347 e. The lowest BCUT2D eigenvalue weighted by Crippen LogP contribution is -3.04. The van der Waals surface area contributed by atoms with Crippen LogP contribution in [0.2, 0.25) is 1.41 Å². The van der Waals surface area contributed by atoms with Crippen LogP contribution in [0.4, 0.5) is 0 Å². The molecule has 10 heavy (non-hydrogen) atoms. The second-order valence-electron chi connectivity index (χ2n) is 2.50. The molecule has 1 N–H and O–H groups in total. The van der Waals surface area contributed by atoms with E-state index in [9.17, 15) is 0 Å². The van der Waals surface area contributed by atoms with Crippen molar-refractivity contribution < 1.29 is 7.68 Å². The summed E-state index contributed by atoms with van der Waals surface area (Å²) >= 11 is 0. The van der Waals surface area contributed by atoms with Crippen LogP contribution in [0.15, 0.2) is 30.3 Å². The van der Waals surface area contributed by atoms with Crippen molar-refractivity contribution in [2.24, 2.45) is 0 Å². The monoisotopic (exact) mass is 138 g/mol. The van der Waals surface area contributed by atoms with Gasteiger partial charge in [-0.1, -0.05) is 30.3 Å². The van der Waals surface area contributed by atoms with Crippen molar-refractivity contribution in [1.29, 1.82) is 0 Å². The van der Waals surface area contributed by atoms with Crippen LogP contribution >= 0.6 is 0 Å². The molecule has 0 bridgehead atoms. The second kappa shape index (κ2) is 3.37. The molecule has 0 aliphatic carbocycles. The highest BCUT2D eigenvalue weighted by Crippen LogP contribution is 1.94. The standard InChI is InChI=1S/C9H13N/c1-10(2)8-9-6-4-3-5-7-9/h3-7H,8H2,1-2H3/p+1/i8D/hD. The number of hydrogen-bond donors (Lipinski definition) is 1. The van der Waals surface area contributed by atoms with E-state index in [1.807, 2.05) is 30.3 Å². The average Bonchev–Trinajstić information content (AvgIpc) is 2.03. The average molecular weight is 138 g/mol. The van der Waals surface area contributed by atoms with Crippen LogP contribution < -0.4 is 4.89 Å². The number of nitrogens with one attached hydrogen (secondary N) is 1. The molecule has 1 heteroatoms. The van der Waals surface area contributed by atoms with Crippen molar-refractivity contribution in [2.45, 2.75) is 6.52 Å². The SMILES string of the molecule is [2H]C(c1ccccc1)[N+]([2H])(C)C. The first-order valence-electron chi connectivity index (χ1n) is 4.38. The van der Waals surface area contributed by atoms with E-state index in [4.69, 9.17) is 2.78 Å². The molecule has 1 atom stereocenters. The topological polar surface area (TPSA) is 4.44 Å². The summed E-state index contributed by atoms with van der Waals surface area (Å²) in [7, 11) is 3.40. The maximum atomic E-state index is 7.75. The van der Waals surface area contributed by atoms with Gasteiger partial charge in [-0.3, -0.25) is 0 Å². The molecular formula is C9H14N+. The molecule has 0 spiro atoms. The van der Waals surface area contributed by atoms with Gasteiger partial charge < -0.3 is 4.89 Å². The Labute approximate surface area is 65.2 Å². The number of benzene rings is 1. The van der Waals surface area contributed by atoms with Crippen molar-refractivity contribution >= 4 is 0 Å². The van der Waals surface area contributed by atoms with Gasteiger partial charge in [-0.2, -0.15) is 0 Å². The van der Waals surface area contributed by atoms with Crippen molar-refractivity contribution in [3.63, 3.8) is 0 Å². The summed E-state index contributed by atoms with van der Waals surface area (Å²) < 4.78 is 15.4. The summed E-state index contributed by atoms with van der Waals surface area (Å²) in [5.41, 5.74) is 0.887. The molecule has 0 radical (unpaired) electrons. The quantitative estimate of drug-likeness (QED) is 0.601. The van der Waals surface area contributed by atoms with Crippen LogP contribution in [-0.2, 0) is 6.52 Å². The molecule has 1 unspecified atom stereocenters. The van der Waals surface area contributed by atoms with Crippen molar-refractivity contribution in [1.82, 2.24) is 0 Å². The third kappa shape index (κ3) is 2.19. The lowest BCUT2D eigenvalue weighted by Gasteiger charge is -2.05. The smallest absolute Gasteiger partial charge is 0.336 e. The third-order valence-corrected chi connectivity index (χ3v) is 1.21. The van der Waals surface area contributed by atoms with E-state index in [0.29, 0.717) is 0 Å². The van der Waals surface area contributed by atoms with Crippen LogP contribution in [0, 0.1) is 0 Å². The molecule has 1 nitrogen and oxygen atoms in total. The fraction of sp³-hybridized carbons (Fsp3) is 0.333. The Morgan fingerprint density at radius 2 is 2.00 bits per heavy atom. The molecule has 1 aromatic carbocycles. The maximum absolute atomic E-state index is 7.75. The van der Waals surface area contributed by atoms with E-state index in [2.05, 4.69) is 0 Å². The van der Waals surface area contributed by atoms with E-state index >= 15 is 0 Å². The Balaban J connectivity index is 2.86. The predicted octanol–water partition coefficient (Wildman–Crippen LogP) is 0.331. The van der Waals surface area contributed by atoms with E-state index in [0.717, 1.165) is 5.56 Å². The Morgan fingerprint density at radius 1 is 1.40 bits per heavy atom. The Kier molecular flexibility index (Phi) is 1.66. The minimum absolute atomic E-state index is 0.107. The fourth-order valence-corrected chi connectivity index (χ4v) is 0.837. The molecule has 0 amide bonds. The molecule has 0 fully saturated rings. The zero-order chi connectivity index (χ0) is 9.19. The molecule has 1 rings (SSSR count). The van der Waals surface area contributed by atoms with E-state index in [-0.39, 0.29) is 4.89 Å². The van der Waals surface area contributed by atoms with Gasteiger partial charge in [-0.15, -0.1) is 0 Å². The highest BCUT2D eigenvalue weighted by atomic mass is 15.0. The number of rotatable bonds is 2. The Morgan fingerprint density at radius 3 is 2.50 bits per heavy atom. The van der Waals surface area contributed by atoms with Gasteiger partial charge in [0, 0.05) is 5.56 Å². The second-order valence-corrected chi connectivity index (χ2v) is 2.50. The summed E-state index contributed by atoms with van der Waals surface area (Å²) in [6.45, 7) is -0.522. The normalized spacial score (nSPS) is 17.4. The van der Waals surface area contributed by atoms with Gasteiger partial charge in [-0.05, 0) is 0 Å². The van der Waals surface area contributed by atoms with Gasteiger partial charge in [0.15, 0.2) is 0 Å². The lowest BCUT2D eigenvalue weighted by atomic mass is 10.2. The number of quaternary nitrogens is 1. The predicted molar refractivity (Wildman–Crippen MR) is 43.0 cm³/mol. The first kappa shape index (κ1) is 4.91. The highest BCUT2D eigenvalue weighted by molar-refractivity contribution is 5.12. The molecule has 0 aromatic heterocycles. The summed E-state index contributed by atoms with van der Waals surface area (Å²) in [5.74, 6) is 0. The van der Waals surface area contributed by atoms with Gasteiger partial charge in [-0.25, -0.2) is 0 Å². The van der Waals surface area contributed by atoms with Gasteiger partial charge in [0.2, 0.25) is 0 Å².